The van der Waals surface area contributed by atoms with E-state index >= 15 is 0 Å². The minimum Gasteiger partial charge on any atom is -0.478 e. The number of allylic oxidation sites excluding steroid dienone is 3. The van der Waals surface area contributed by atoms with Crippen LogP contribution in [0.1, 0.15) is 34.6 Å². The van der Waals surface area contributed by atoms with E-state index in [4.69, 9.17) is 5.11 Å². The first-order chi connectivity index (χ1) is 6.40. The fraction of sp³-hybridized carbons (Fsp3) is 0.455. The van der Waals surface area contributed by atoms with Crippen molar-refractivity contribution < 1.29 is 9.90 Å². The van der Waals surface area contributed by atoms with Crippen molar-refractivity contribution in [3.05, 3.63) is 22.9 Å². The number of aliphatic carboxylic acids is 1. The second-order valence-electron chi connectivity index (χ2n) is 3.18. The first-order valence-electron chi connectivity index (χ1n) is 4.49. The van der Waals surface area contributed by atoms with Gasteiger partial charge in [0, 0.05) is 11.4 Å². The largest absolute Gasteiger partial charge is 0.478 e. The molecule has 0 spiro atoms. The Bertz CT molecular complexity index is 322. The van der Waals surface area contributed by atoms with Gasteiger partial charge >= 0.3 is 5.97 Å². The van der Waals surface area contributed by atoms with Gasteiger partial charge in [-0.15, -0.1) is 0 Å². The molecule has 0 atom stereocenters. The van der Waals surface area contributed by atoms with Gasteiger partial charge in [0.2, 0.25) is 0 Å². The Morgan fingerprint density at radius 3 is 2.07 bits per heavy atom. The number of nitrogens with zero attached hydrogens (tertiary/aromatic N) is 1. The van der Waals surface area contributed by atoms with Gasteiger partial charge in [-0.05, 0) is 40.2 Å². The van der Waals surface area contributed by atoms with Crippen LogP contribution >= 0.6 is 0 Å². The lowest BCUT2D eigenvalue weighted by Gasteiger charge is -2.02. The summed E-state index contributed by atoms with van der Waals surface area (Å²) in [4.78, 5) is 14.8. The highest BCUT2D eigenvalue weighted by Crippen LogP contribution is 2.08. The minimum absolute atomic E-state index is 0.285. The lowest BCUT2D eigenvalue weighted by Crippen LogP contribution is -2.00. The summed E-state index contributed by atoms with van der Waals surface area (Å²) >= 11 is 0. The molecule has 0 saturated carbocycles. The topological polar surface area (TPSA) is 49.7 Å². The highest BCUT2D eigenvalue weighted by Gasteiger charge is 2.04. The van der Waals surface area contributed by atoms with Gasteiger partial charge < -0.3 is 5.11 Å². The van der Waals surface area contributed by atoms with Gasteiger partial charge in [0.25, 0.3) is 0 Å². The van der Waals surface area contributed by atoms with Gasteiger partial charge in [-0.3, -0.25) is 4.99 Å². The molecular weight excluding hydrogens is 178 g/mol. The van der Waals surface area contributed by atoms with E-state index in [0.29, 0.717) is 5.70 Å². The van der Waals surface area contributed by atoms with Crippen molar-refractivity contribution >= 4 is 11.7 Å². The maximum Gasteiger partial charge on any atom is 0.333 e. The summed E-state index contributed by atoms with van der Waals surface area (Å²) in [7, 11) is 0. The maximum atomic E-state index is 10.6. The number of carbonyl (C=O) groups is 1. The molecular formula is C11H17NO2. The molecule has 0 aromatic rings. The van der Waals surface area contributed by atoms with Gasteiger partial charge in [-0.25, -0.2) is 4.79 Å². The number of carboxylic acids is 1. The van der Waals surface area contributed by atoms with Crippen LogP contribution in [0.15, 0.2) is 27.9 Å². The van der Waals surface area contributed by atoms with Crippen LogP contribution < -0.4 is 0 Å². The van der Waals surface area contributed by atoms with E-state index in [1.807, 2.05) is 26.8 Å². The van der Waals surface area contributed by atoms with Gasteiger partial charge in [0.05, 0.1) is 5.57 Å². The van der Waals surface area contributed by atoms with E-state index in [1.165, 1.54) is 0 Å². The second-order valence-corrected chi connectivity index (χ2v) is 3.18. The summed E-state index contributed by atoms with van der Waals surface area (Å²) in [5.41, 5.74) is 2.75. The van der Waals surface area contributed by atoms with Crippen molar-refractivity contribution in [2.45, 2.75) is 34.6 Å². The van der Waals surface area contributed by atoms with Crippen molar-refractivity contribution in [2.75, 3.05) is 0 Å². The van der Waals surface area contributed by atoms with Crippen molar-refractivity contribution in [3.63, 3.8) is 0 Å². The summed E-state index contributed by atoms with van der Waals surface area (Å²) in [5, 5.41) is 8.72. The third-order valence-electron chi connectivity index (χ3n) is 2.20. The standard InChI is InChI=1S/C11H17NO2/c1-6-7(2)9(4)12-10(5)8(3)11(13)14/h6H,1-5H3,(H,13,14)/b7-6+,10-8+,12-9+. The average Bonchev–Trinajstić information content (AvgIpc) is 2.14. The molecule has 3 heteroatoms. The molecule has 0 fully saturated rings. The van der Waals surface area contributed by atoms with Gasteiger partial charge in [-0.2, -0.15) is 0 Å². The lowest BCUT2D eigenvalue weighted by atomic mass is 10.2. The zero-order valence-corrected chi connectivity index (χ0v) is 9.38. The van der Waals surface area contributed by atoms with E-state index in [-0.39, 0.29) is 5.57 Å². The number of rotatable bonds is 3. The van der Waals surface area contributed by atoms with Crippen LogP contribution in [-0.4, -0.2) is 16.8 Å². The molecule has 0 aromatic heterocycles. The molecule has 0 unspecified atom stereocenters. The molecule has 0 aliphatic heterocycles. The minimum atomic E-state index is -0.919. The fourth-order valence-corrected chi connectivity index (χ4v) is 0.787. The first kappa shape index (κ1) is 12.6. The van der Waals surface area contributed by atoms with Crippen molar-refractivity contribution in [1.29, 1.82) is 0 Å². The molecule has 78 valence electrons. The van der Waals surface area contributed by atoms with Gasteiger partial charge in [0.15, 0.2) is 0 Å². The number of carboxylic acid groups (broad SMARTS) is 1. The number of hydrogen-bond acceptors (Lipinski definition) is 2. The molecule has 0 rings (SSSR count). The Balaban J connectivity index is 5.01. The summed E-state index contributed by atoms with van der Waals surface area (Å²) in [6.07, 6.45) is 1.95. The van der Waals surface area contributed by atoms with Crippen molar-refractivity contribution in [2.24, 2.45) is 4.99 Å². The first-order valence-corrected chi connectivity index (χ1v) is 4.49. The van der Waals surface area contributed by atoms with Crippen LogP contribution in [0.4, 0.5) is 0 Å². The van der Waals surface area contributed by atoms with E-state index in [0.717, 1.165) is 11.3 Å². The Hall–Kier alpha value is -1.38. The molecule has 0 heterocycles. The molecule has 0 radical (unpaired) electrons. The molecule has 0 saturated heterocycles. The Morgan fingerprint density at radius 2 is 1.71 bits per heavy atom. The molecule has 3 nitrogen and oxygen atoms in total. The summed E-state index contributed by atoms with van der Waals surface area (Å²) in [5.74, 6) is -0.919. The Labute approximate surface area is 84.9 Å². The van der Waals surface area contributed by atoms with E-state index < -0.39 is 5.97 Å². The quantitative estimate of drug-likeness (QED) is 0.556. The summed E-state index contributed by atoms with van der Waals surface area (Å²) < 4.78 is 0. The van der Waals surface area contributed by atoms with E-state index in [1.54, 1.807) is 13.8 Å². The third-order valence-corrected chi connectivity index (χ3v) is 2.20. The molecule has 0 aliphatic rings. The van der Waals surface area contributed by atoms with Crippen LogP contribution in [0.3, 0.4) is 0 Å². The predicted molar refractivity (Wildman–Crippen MR) is 58.5 cm³/mol. The zero-order chi connectivity index (χ0) is 11.3. The molecule has 0 aromatic carbocycles. The smallest absolute Gasteiger partial charge is 0.333 e. The summed E-state index contributed by atoms with van der Waals surface area (Å²) in [6.45, 7) is 9.00. The zero-order valence-electron chi connectivity index (χ0n) is 9.38. The van der Waals surface area contributed by atoms with E-state index in [2.05, 4.69) is 4.99 Å². The maximum absolute atomic E-state index is 10.6. The highest BCUT2D eigenvalue weighted by atomic mass is 16.4. The van der Waals surface area contributed by atoms with E-state index in [9.17, 15) is 4.79 Å². The fourth-order valence-electron chi connectivity index (χ4n) is 0.787. The van der Waals surface area contributed by atoms with Gasteiger partial charge in [0.1, 0.15) is 0 Å². The molecule has 1 N–H and O–H groups in total. The lowest BCUT2D eigenvalue weighted by molar-refractivity contribution is -0.132. The monoisotopic (exact) mass is 195 g/mol. The van der Waals surface area contributed by atoms with Crippen LogP contribution in [0.5, 0.6) is 0 Å². The SMILES string of the molecule is C/C=C(C)/C(C)=N/C(C)=C(\C)C(=O)O. The molecule has 14 heavy (non-hydrogen) atoms. The molecule has 0 bridgehead atoms. The summed E-state index contributed by atoms with van der Waals surface area (Å²) in [6, 6.07) is 0. The average molecular weight is 195 g/mol. The van der Waals surface area contributed by atoms with Crippen molar-refractivity contribution in [1.82, 2.24) is 0 Å². The predicted octanol–water partition coefficient (Wildman–Crippen LogP) is 2.79. The van der Waals surface area contributed by atoms with Crippen LogP contribution in [0.25, 0.3) is 0 Å². The van der Waals surface area contributed by atoms with Crippen LogP contribution in [-0.2, 0) is 4.79 Å². The van der Waals surface area contributed by atoms with Crippen molar-refractivity contribution in [3.8, 4) is 0 Å². The number of aliphatic imine (C=N–C) groups is 1. The van der Waals surface area contributed by atoms with Crippen LogP contribution in [0, 0.1) is 0 Å². The molecule has 0 aliphatic carbocycles. The Morgan fingerprint density at radius 1 is 1.21 bits per heavy atom. The highest BCUT2D eigenvalue weighted by molar-refractivity contribution is 5.98. The normalized spacial score (nSPS) is 15.2. The third kappa shape index (κ3) is 3.56. The number of hydrogen-bond donors (Lipinski definition) is 1. The molecule has 0 amide bonds. The Kier molecular flexibility index (Phi) is 4.84. The second kappa shape index (κ2) is 5.37. The van der Waals surface area contributed by atoms with Crippen LogP contribution in [0.2, 0.25) is 0 Å². The van der Waals surface area contributed by atoms with Gasteiger partial charge in [-0.1, -0.05) is 6.08 Å².